The van der Waals surface area contributed by atoms with E-state index in [2.05, 4.69) is 15.0 Å². The fraction of sp³-hybridized carbons (Fsp3) is 0.174. The van der Waals surface area contributed by atoms with Gasteiger partial charge in [-0.3, -0.25) is 9.69 Å². The van der Waals surface area contributed by atoms with Crippen LogP contribution in [0.4, 0.5) is 22.0 Å². The molecule has 0 saturated carbocycles. The molecule has 0 saturated heterocycles. The number of nitrogens with two attached hydrogens (primary N) is 1. The summed E-state index contributed by atoms with van der Waals surface area (Å²) in [5.41, 5.74) is 5.99. The number of aromatic nitrogens is 2. The number of halogens is 6. The van der Waals surface area contributed by atoms with Gasteiger partial charge in [-0.1, -0.05) is 17.7 Å². The van der Waals surface area contributed by atoms with Crippen LogP contribution in [0.5, 0.6) is 11.5 Å². The number of carbonyl (C=O) groups excluding carboxylic acids is 1. The van der Waals surface area contributed by atoms with Gasteiger partial charge in [0.1, 0.15) is 16.4 Å². The van der Waals surface area contributed by atoms with Gasteiger partial charge >= 0.3 is 12.1 Å². The van der Waals surface area contributed by atoms with E-state index in [9.17, 15) is 26.7 Å². The van der Waals surface area contributed by atoms with Crippen molar-refractivity contribution in [1.82, 2.24) is 14.9 Å². The number of guanidine groups is 1. The molecule has 2 aliphatic heterocycles. The molecule has 38 heavy (non-hydrogen) atoms. The van der Waals surface area contributed by atoms with E-state index in [1.54, 1.807) is 30.3 Å². The van der Waals surface area contributed by atoms with Gasteiger partial charge in [0.15, 0.2) is 11.7 Å². The molecule has 0 aliphatic carbocycles. The highest BCUT2D eigenvalue weighted by Gasteiger charge is 2.49. The second-order valence-electron chi connectivity index (χ2n) is 8.03. The first-order valence-electron chi connectivity index (χ1n) is 10.5. The molecular weight excluding hydrogens is 541 g/mol. The van der Waals surface area contributed by atoms with Crippen LogP contribution in [-0.2, 0) is 15.1 Å². The molecule has 4 heterocycles. The maximum absolute atomic E-state index is 14.7. The van der Waals surface area contributed by atoms with Crippen LogP contribution in [0.15, 0.2) is 47.6 Å². The standard InChI is InChI=1S/C21H14ClF2N5O2.C2HF3O2/c1-29-16(30)9-21(28-20(29)25)12-7-10(11-3-2-6-26-18(11)23)4-5-14(12)31-17-13(21)8-15(22)27-19(17)24;3-2(4,5)1(6)7/h2-8H,9H2,1H3,(H2,25,28);(H,6,7). The average molecular weight is 556 g/mol. The minimum absolute atomic E-state index is 0.0543. The van der Waals surface area contributed by atoms with Crippen LogP contribution in [0.25, 0.3) is 11.1 Å². The highest BCUT2D eigenvalue weighted by Crippen LogP contribution is 2.53. The number of fused-ring (bicyclic) bond motifs is 4. The molecule has 0 bridgehead atoms. The van der Waals surface area contributed by atoms with Crippen molar-refractivity contribution in [3.63, 3.8) is 0 Å². The fourth-order valence-corrected chi connectivity index (χ4v) is 4.11. The van der Waals surface area contributed by atoms with Crippen LogP contribution >= 0.6 is 11.6 Å². The van der Waals surface area contributed by atoms with Crippen LogP contribution < -0.4 is 10.5 Å². The van der Waals surface area contributed by atoms with Gasteiger partial charge < -0.3 is 15.6 Å². The predicted octanol–water partition coefficient (Wildman–Crippen LogP) is 4.23. The number of hydrogen-bond acceptors (Lipinski definition) is 7. The minimum atomic E-state index is -5.08. The van der Waals surface area contributed by atoms with Crippen LogP contribution in [0.1, 0.15) is 17.5 Å². The Morgan fingerprint density at radius 1 is 1.18 bits per heavy atom. The molecule has 1 aromatic carbocycles. The number of nitrogens with zero attached hydrogens (tertiary/aromatic N) is 4. The summed E-state index contributed by atoms with van der Waals surface area (Å²) in [4.78, 5) is 34.8. The van der Waals surface area contributed by atoms with Crippen LogP contribution in [0, 0.1) is 11.9 Å². The van der Waals surface area contributed by atoms with Crippen molar-refractivity contribution in [1.29, 1.82) is 0 Å². The maximum atomic E-state index is 14.7. The van der Waals surface area contributed by atoms with Crippen molar-refractivity contribution in [2.45, 2.75) is 18.1 Å². The monoisotopic (exact) mass is 555 g/mol. The third kappa shape index (κ3) is 4.69. The summed E-state index contributed by atoms with van der Waals surface area (Å²) < 4.78 is 66.5. The fourth-order valence-electron chi connectivity index (χ4n) is 3.93. The lowest BCUT2D eigenvalue weighted by Gasteiger charge is -2.41. The number of amides is 1. The molecule has 9 nitrogen and oxygen atoms in total. The molecule has 3 N–H and O–H groups in total. The van der Waals surface area contributed by atoms with Crippen molar-refractivity contribution in [2.75, 3.05) is 7.05 Å². The van der Waals surface area contributed by atoms with E-state index >= 15 is 0 Å². The molecule has 3 aromatic rings. The largest absolute Gasteiger partial charge is 0.490 e. The summed E-state index contributed by atoms with van der Waals surface area (Å²) in [7, 11) is 1.50. The summed E-state index contributed by atoms with van der Waals surface area (Å²) >= 11 is 6.02. The highest BCUT2D eigenvalue weighted by molar-refractivity contribution is 6.29. The third-order valence-corrected chi connectivity index (χ3v) is 5.92. The number of pyridine rings is 2. The Kier molecular flexibility index (Phi) is 6.69. The number of alkyl halides is 3. The molecular formula is C23H15ClF5N5O4. The van der Waals surface area contributed by atoms with E-state index in [4.69, 9.17) is 32.0 Å². The van der Waals surface area contributed by atoms with Crippen molar-refractivity contribution < 1.29 is 41.4 Å². The van der Waals surface area contributed by atoms with Gasteiger partial charge in [-0.05, 0) is 35.9 Å². The normalized spacial score (nSPS) is 18.0. The molecule has 2 aromatic heterocycles. The van der Waals surface area contributed by atoms with E-state index in [1.807, 2.05) is 0 Å². The Hall–Kier alpha value is -4.33. The van der Waals surface area contributed by atoms with Crippen molar-refractivity contribution >= 4 is 29.4 Å². The number of carboxylic acid groups (broad SMARTS) is 1. The molecule has 0 radical (unpaired) electrons. The topological polar surface area (TPSA) is 131 Å². The van der Waals surface area contributed by atoms with Crippen molar-refractivity contribution in [3.8, 4) is 22.6 Å². The predicted molar refractivity (Wildman–Crippen MR) is 122 cm³/mol. The number of aliphatic carboxylic acids is 1. The van der Waals surface area contributed by atoms with Gasteiger partial charge in [0.2, 0.25) is 11.9 Å². The zero-order valence-electron chi connectivity index (χ0n) is 19.1. The van der Waals surface area contributed by atoms with E-state index in [-0.39, 0.29) is 46.1 Å². The summed E-state index contributed by atoms with van der Waals surface area (Å²) in [6.45, 7) is 0. The molecule has 2 aliphatic rings. The molecule has 198 valence electrons. The second-order valence-corrected chi connectivity index (χ2v) is 8.42. The second kappa shape index (κ2) is 9.52. The maximum Gasteiger partial charge on any atom is 0.490 e. The van der Waals surface area contributed by atoms with E-state index < -0.39 is 29.6 Å². The van der Waals surface area contributed by atoms with Gasteiger partial charge in [0.05, 0.1) is 6.42 Å². The zero-order valence-corrected chi connectivity index (χ0v) is 19.8. The number of hydrogen-bond donors (Lipinski definition) is 2. The number of rotatable bonds is 1. The van der Waals surface area contributed by atoms with Crippen LogP contribution in [-0.4, -0.2) is 51.0 Å². The van der Waals surface area contributed by atoms with Gasteiger partial charge in [-0.2, -0.15) is 22.0 Å². The lowest BCUT2D eigenvalue weighted by molar-refractivity contribution is -0.192. The lowest BCUT2D eigenvalue weighted by atomic mass is 9.76. The Balaban J connectivity index is 0.000000426. The number of benzene rings is 1. The Morgan fingerprint density at radius 3 is 2.47 bits per heavy atom. The lowest BCUT2D eigenvalue weighted by Crippen LogP contribution is -2.49. The number of carbonyl (C=O) groups is 2. The molecule has 15 heteroatoms. The van der Waals surface area contributed by atoms with E-state index in [1.165, 1.54) is 24.2 Å². The SMILES string of the molecule is CN1C(=O)CC2(N=C1N)c1cc(-c3cccnc3F)ccc1Oc1c2cc(Cl)nc1F.O=C(O)C(F)(F)F. The van der Waals surface area contributed by atoms with Crippen molar-refractivity contribution in [3.05, 3.63) is 70.8 Å². The minimum Gasteiger partial charge on any atom is -0.475 e. The van der Waals surface area contributed by atoms with Gasteiger partial charge in [-0.25, -0.2) is 19.8 Å². The summed E-state index contributed by atoms with van der Waals surface area (Å²) in [5.74, 6) is -4.68. The molecule has 1 unspecified atom stereocenters. The zero-order chi connectivity index (χ0) is 28.0. The first kappa shape index (κ1) is 26.7. The smallest absolute Gasteiger partial charge is 0.475 e. The molecule has 1 atom stereocenters. The first-order chi connectivity index (χ1) is 17.7. The molecule has 1 amide bonds. The Morgan fingerprint density at radius 2 is 1.87 bits per heavy atom. The average Bonchev–Trinajstić information content (AvgIpc) is 2.83. The van der Waals surface area contributed by atoms with E-state index in [0.717, 1.165) is 0 Å². The summed E-state index contributed by atoms with van der Waals surface area (Å²) in [5, 5.41) is 7.00. The van der Waals surface area contributed by atoms with Gasteiger partial charge in [-0.15, -0.1) is 0 Å². The molecule has 5 rings (SSSR count). The van der Waals surface area contributed by atoms with E-state index in [0.29, 0.717) is 11.1 Å². The number of carboxylic acids is 1. The first-order valence-corrected chi connectivity index (χ1v) is 10.8. The van der Waals surface area contributed by atoms with Crippen LogP contribution in [0.2, 0.25) is 5.15 Å². The number of ether oxygens (including phenoxy) is 1. The summed E-state index contributed by atoms with van der Waals surface area (Å²) in [6.07, 6.45) is -3.90. The van der Waals surface area contributed by atoms with Crippen molar-refractivity contribution in [2.24, 2.45) is 10.7 Å². The van der Waals surface area contributed by atoms with Crippen LogP contribution in [0.3, 0.4) is 0 Å². The molecule has 0 fully saturated rings. The number of aliphatic imine (C=N–C) groups is 1. The van der Waals surface area contributed by atoms with Gasteiger partial charge in [0, 0.05) is 29.9 Å². The Bertz CT molecular complexity index is 1500. The Labute approximate surface area is 215 Å². The van der Waals surface area contributed by atoms with Gasteiger partial charge in [0.25, 0.3) is 5.95 Å². The third-order valence-electron chi connectivity index (χ3n) is 5.73. The quantitative estimate of drug-likeness (QED) is 0.339. The molecule has 1 spiro atoms. The highest BCUT2D eigenvalue weighted by atomic mass is 35.5. The summed E-state index contributed by atoms with van der Waals surface area (Å²) in [6, 6.07) is 9.39.